The molecule has 0 saturated carbocycles. The predicted molar refractivity (Wildman–Crippen MR) is 87.9 cm³/mol. The topological polar surface area (TPSA) is 36.9 Å². The fourth-order valence-electron chi connectivity index (χ4n) is 3.57. The molecule has 1 aromatic rings. The number of hydrogen-bond donors (Lipinski definition) is 0. The standard InChI is InChI=1S/C19H28O4/c1-15-13-17-19(21-15,23-18(2,3)22-17)11-7-8-12-20-14-16-9-5-4-6-10-16/h4-6,9-10,15,17H,7-8,11-14H2,1-3H3/t15-,17-,19-/m0/s1. The average Bonchev–Trinajstić information content (AvgIpc) is 2.90. The third-order valence-corrected chi connectivity index (χ3v) is 4.46. The highest BCUT2D eigenvalue weighted by Gasteiger charge is 2.58. The molecule has 1 aromatic carbocycles. The molecule has 23 heavy (non-hydrogen) atoms. The summed E-state index contributed by atoms with van der Waals surface area (Å²) in [6.07, 6.45) is 4.04. The van der Waals surface area contributed by atoms with Gasteiger partial charge >= 0.3 is 0 Å². The van der Waals surface area contributed by atoms with Crippen molar-refractivity contribution in [2.24, 2.45) is 0 Å². The van der Waals surface area contributed by atoms with E-state index in [2.05, 4.69) is 19.1 Å². The van der Waals surface area contributed by atoms with Crippen LogP contribution in [-0.4, -0.2) is 30.4 Å². The molecule has 3 atom stereocenters. The minimum Gasteiger partial charge on any atom is -0.377 e. The molecule has 2 saturated heterocycles. The first-order valence-corrected chi connectivity index (χ1v) is 8.67. The molecule has 0 spiro atoms. The number of ether oxygens (including phenoxy) is 4. The summed E-state index contributed by atoms with van der Waals surface area (Å²) in [5, 5.41) is 0. The molecule has 4 heteroatoms. The van der Waals surface area contributed by atoms with E-state index >= 15 is 0 Å². The number of unbranched alkanes of at least 4 members (excludes halogenated alkanes) is 1. The van der Waals surface area contributed by atoms with E-state index in [1.807, 2.05) is 32.0 Å². The zero-order chi connectivity index (χ0) is 16.3. The Morgan fingerprint density at radius 1 is 1.13 bits per heavy atom. The first-order valence-electron chi connectivity index (χ1n) is 8.67. The molecule has 2 heterocycles. The molecule has 128 valence electrons. The fourth-order valence-corrected chi connectivity index (χ4v) is 3.57. The number of benzene rings is 1. The van der Waals surface area contributed by atoms with Crippen LogP contribution in [0.1, 0.15) is 52.0 Å². The summed E-state index contributed by atoms with van der Waals surface area (Å²) in [6, 6.07) is 10.3. The molecule has 2 fully saturated rings. The van der Waals surface area contributed by atoms with Crippen molar-refractivity contribution in [3.05, 3.63) is 35.9 Å². The third kappa shape index (κ3) is 4.13. The third-order valence-electron chi connectivity index (χ3n) is 4.46. The Morgan fingerprint density at radius 3 is 2.70 bits per heavy atom. The largest absolute Gasteiger partial charge is 0.377 e. The molecule has 0 N–H and O–H groups in total. The second-order valence-electron chi connectivity index (χ2n) is 7.08. The lowest BCUT2D eigenvalue weighted by Gasteiger charge is -2.28. The zero-order valence-electron chi connectivity index (χ0n) is 14.4. The van der Waals surface area contributed by atoms with Gasteiger partial charge in [-0.2, -0.15) is 0 Å². The smallest absolute Gasteiger partial charge is 0.198 e. The van der Waals surface area contributed by atoms with Crippen LogP contribution in [0.15, 0.2) is 30.3 Å². The van der Waals surface area contributed by atoms with Crippen LogP contribution in [0, 0.1) is 0 Å². The zero-order valence-corrected chi connectivity index (χ0v) is 14.4. The van der Waals surface area contributed by atoms with Crippen molar-refractivity contribution in [2.45, 2.75) is 76.8 Å². The highest BCUT2D eigenvalue weighted by molar-refractivity contribution is 5.13. The summed E-state index contributed by atoms with van der Waals surface area (Å²) in [7, 11) is 0. The van der Waals surface area contributed by atoms with Gasteiger partial charge in [-0.05, 0) is 39.2 Å². The Morgan fingerprint density at radius 2 is 1.91 bits per heavy atom. The Kier molecular flexibility index (Phi) is 5.07. The van der Waals surface area contributed by atoms with Crippen molar-refractivity contribution < 1.29 is 18.9 Å². The Balaban J connectivity index is 1.39. The van der Waals surface area contributed by atoms with Crippen molar-refractivity contribution in [1.29, 1.82) is 0 Å². The molecular formula is C19H28O4. The van der Waals surface area contributed by atoms with Crippen molar-refractivity contribution in [3.63, 3.8) is 0 Å². The van der Waals surface area contributed by atoms with E-state index in [1.54, 1.807) is 0 Å². The maximum Gasteiger partial charge on any atom is 0.198 e. The lowest BCUT2D eigenvalue weighted by Crippen LogP contribution is -2.38. The van der Waals surface area contributed by atoms with Crippen molar-refractivity contribution >= 4 is 0 Å². The Labute approximate surface area is 139 Å². The van der Waals surface area contributed by atoms with Gasteiger partial charge in [0.25, 0.3) is 0 Å². The van der Waals surface area contributed by atoms with Crippen LogP contribution >= 0.6 is 0 Å². The van der Waals surface area contributed by atoms with E-state index in [0.717, 1.165) is 32.3 Å². The van der Waals surface area contributed by atoms with Crippen LogP contribution in [-0.2, 0) is 25.6 Å². The molecular weight excluding hydrogens is 292 g/mol. The van der Waals surface area contributed by atoms with Gasteiger partial charge in [0.15, 0.2) is 11.6 Å². The van der Waals surface area contributed by atoms with Gasteiger partial charge in [-0.1, -0.05) is 30.3 Å². The Bertz CT molecular complexity index is 501. The molecule has 2 aliphatic heterocycles. The number of fused-ring (bicyclic) bond motifs is 1. The van der Waals surface area contributed by atoms with Gasteiger partial charge in [0.1, 0.15) is 6.10 Å². The lowest BCUT2D eigenvalue weighted by molar-refractivity contribution is -0.260. The molecule has 0 aromatic heterocycles. The average molecular weight is 320 g/mol. The van der Waals surface area contributed by atoms with Crippen LogP contribution in [0.4, 0.5) is 0 Å². The summed E-state index contributed by atoms with van der Waals surface area (Å²) < 4.78 is 24.0. The maximum absolute atomic E-state index is 6.12. The van der Waals surface area contributed by atoms with E-state index < -0.39 is 11.6 Å². The summed E-state index contributed by atoms with van der Waals surface area (Å²) in [4.78, 5) is 0. The minimum absolute atomic E-state index is 0.0535. The highest BCUT2D eigenvalue weighted by Crippen LogP contribution is 2.47. The van der Waals surface area contributed by atoms with Crippen molar-refractivity contribution in [2.75, 3.05) is 6.61 Å². The maximum atomic E-state index is 6.12. The molecule has 0 radical (unpaired) electrons. The minimum atomic E-state index is -0.553. The van der Waals surface area contributed by atoms with Gasteiger partial charge in [0, 0.05) is 19.4 Å². The van der Waals surface area contributed by atoms with Gasteiger partial charge in [-0.15, -0.1) is 0 Å². The quantitative estimate of drug-likeness (QED) is 0.711. The SMILES string of the molecule is C[C@H]1C[C@@H]2OC(C)(C)O[C@]2(CCCCOCc2ccccc2)O1. The second kappa shape index (κ2) is 6.89. The first-order chi connectivity index (χ1) is 11.0. The van der Waals surface area contributed by atoms with E-state index in [0.29, 0.717) is 6.61 Å². The second-order valence-corrected chi connectivity index (χ2v) is 7.08. The van der Waals surface area contributed by atoms with E-state index in [-0.39, 0.29) is 12.2 Å². The highest BCUT2D eigenvalue weighted by atomic mass is 16.8. The summed E-state index contributed by atoms with van der Waals surface area (Å²) in [5.41, 5.74) is 1.22. The van der Waals surface area contributed by atoms with Crippen LogP contribution < -0.4 is 0 Å². The van der Waals surface area contributed by atoms with Gasteiger partial charge < -0.3 is 18.9 Å². The van der Waals surface area contributed by atoms with Crippen molar-refractivity contribution in [3.8, 4) is 0 Å². The first kappa shape index (κ1) is 16.9. The summed E-state index contributed by atoms with van der Waals surface area (Å²) in [5.74, 6) is -1.10. The van der Waals surface area contributed by atoms with Crippen LogP contribution in [0.3, 0.4) is 0 Å². The molecule has 0 unspecified atom stereocenters. The fraction of sp³-hybridized carbons (Fsp3) is 0.684. The van der Waals surface area contributed by atoms with Crippen LogP contribution in [0.2, 0.25) is 0 Å². The van der Waals surface area contributed by atoms with Crippen molar-refractivity contribution in [1.82, 2.24) is 0 Å². The Hall–Kier alpha value is -0.940. The molecule has 2 aliphatic rings. The molecule has 0 amide bonds. The van der Waals surface area contributed by atoms with E-state index in [1.165, 1.54) is 5.56 Å². The predicted octanol–water partition coefficient (Wildman–Crippen LogP) is 4.03. The van der Waals surface area contributed by atoms with E-state index in [4.69, 9.17) is 18.9 Å². The molecule has 3 rings (SSSR count). The number of rotatable bonds is 7. The monoisotopic (exact) mass is 320 g/mol. The summed E-state index contributed by atoms with van der Waals surface area (Å²) in [6.45, 7) is 7.45. The van der Waals surface area contributed by atoms with Crippen LogP contribution in [0.5, 0.6) is 0 Å². The van der Waals surface area contributed by atoms with Gasteiger partial charge in [-0.3, -0.25) is 0 Å². The number of hydrogen-bond acceptors (Lipinski definition) is 4. The molecule has 4 nitrogen and oxygen atoms in total. The van der Waals surface area contributed by atoms with Gasteiger partial charge in [0.05, 0.1) is 12.7 Å². The lowest BCUT2D eigenvalue weighted by atomic mass is 10.0. The normalized spacial score (nSPS) is 32.1. The van der Waals surface area contributed by atoms with Crippen LogP contribution in [0.25, 0.3) is 0 Å². The molecule has 0 aliphatic carbocycles. The van der Waals surface area contributed by atoms with E-state index in [9.17, 15) is 0 Å². The van der Waals surface area contributed by atoms with Gasteiger partial charge in [-0.25, -0.2) is 0 Å². The molecule has 0 bridgehead atoms. The van der Waals surface area contributed by atoms with Gasteiger partial charge in [0.2, 0.25) is 0 Å². The summed E-state index contributed by atoms with van der Waals surface area (Å²) >= 11 is 0.